The summed E-state index contributed by atoms with van der Waals surface area (Å²) in [7, 11) is 1.79. The van der Waals surface area contributed by atoms with Gasteiger partial charge < -0.3 is 9.64 Å². The lowest BCUT2D eigenvalue weighted by atomic mass is 9.93. The van der Waals surface area contributed by atoms with E-state index in [1.165, 1.54) is 12.1 Å². The van der Waals surface area contributed by atoms with Gasteiger partial charge in [0.25, 0.3) is 5.91 Å². The number of hydrogen-bond acceptors (Lipinski definition) is 6. The van der Waals surface area contributed by atoms with Gasteiger partial charge in [-0.2, -0.15) is 10.4 Å². The second-order valence-electron chi connectivity index (χ2n) is 9.08. The first kappa shape index (κ1) is 23.5. The monoisotopic (exact) mass is 489 g/mol. The molecule has 10 heteroatoms. The van der Waals surface area contributed by atoms with Crippen LogP contribution >= 0.6 is 0 Å². The van der Waals surface area contributed by atoms with Gasteiger partial charge in [-0.05, 0) is 30.7 Å². The molecule has 1 N–H and O–H groups in total. The lowest BCUT2D eigenvalue weighted by Gasteiger charge is -2.32. The van der Waals surface area contributed by atoms with E-state index in [4.69, 9.17) is 10.00 Å². The van der Waals surface area contributed by atoms with E-state index in [2.05, 4.69) is 10.4 Å². The first-order chi connectivity index (χ1) is 17.4. The molecule has 1 atom stereocenters. The summed E-state index contributed by atoms with van der Waals surface area (Å²) in [4.78, 5) is 38.4. The molecule has 1 unspecified atom stereocenters. The van der Waals surface area contributed by atoms with Gasteiger partial charge in [-0.25, -0.2) is 4.39 Å². The van der Waals surface area contributed by atoms with Gasteiger partial charge in [0.2, 0.25) is 11.8 Å². The molecule has 9 nitrogen and oxygen atoms in total. The summed E-state index contributed by atoms with van der Waals surface area (Å²) in [6, 6.07) is 11.3. The number of nitrogens with zero attached hydrogens (tertiary/aromatic N) is 4. The molecule has 0 radical (unpaired) electrons. The van der Waals surface area contributed by atoms with Crippen molar-refractivity contribution in [2.75, 3.05) is 13.1 Å². The van der Waals surface area contributed by atoms with Gasteiger partial charge in [0.15, 0.2) is 0 Å². The standard InChI is InChI=1S/C26H24FN5O4/c1-31-24-18(23(30-31)19-7-8-22(33)29-25(19)34)3-2-4-21(24)36-16-9-11-32(12-10-16)26(35)17-6-5-15(14-28)13-20(17)27/h2-6,13,16,19H,7-12H2,1H3,(H,29,33,34). The van der Waals surface area contributed by atoms with E-state index in [1.807, 2.05) is 24.3 Å². The minimum atomic E-state index is -0.702. The minimum absolute atomic E-state index is 0.0472. The molecule has 5 rings (SSSR count). The van der Waals surface area contributed by atoms with Crippen LogP contribution in [-0.4, -0.2) is 51.6 Å². The molecule has 3 amide bonds. The first-order valence-electron chi connectivity index (χ1n) is 11.8. The van der Waals surface area contributed by atoms with Crippen LogP contribution in [0.1, 0.15) is 53.2 Å². The Bertz CT molecular complexity index is 1420. The molecule has 2 aliphatic heterocycles. The second-order valence-corrected chi connectivity index (χ2v) is 9.08. The van der Waals surface area contributed by atoms with Crippen molar-refractivity contribution in [3.8, 4) is 11.8 Å². The summed E-state index contributed by atoms with van der Waals surface area (Å²) >= 11 is 0. The Balaban J connectivity index is 1.29. The topological polar surface area (TPSA) is 117 Å². The van der Waals surface area contributed by atoms with Crippen LogP contribution in [0.5, 0.6) is 5.75 Å². The van der Waals surface area contributed by atoms with Crippen LogP contribution < -0.4 is 10.1 Å². The van der Waals surface area contributed by atoms with Crippen molar-refractivity contribution in [1.82, 2.24) is 20.0 Å². The van der Waals surface area contributed by atoms with Gasteiger partial charge in [0.05, 0.1) is 28.8 Å². The zero-order valence-electron chi connectivity index (χ0n) is 19.7. The molecule has 1 aromatic heterocycles. The lowest BCUT2D eigenvalue weighted by molar-refractivity contribution is -0.134. The number of imide groups is 1. The molecule has 0 bridgehead atoms. The number of amides is 3. The molecule has 36 heavy (non-hydrogen) atoms. The maximum atomic E-state index is 14.3. The first-order valence-corrected chi connectivity index (χ1v) is 11.8. The van der Waals surface area contributed by atoms with Gasteiger partial charge >= 0.3 is 0 Å². The molecule has 2 aromatic carbocycles. The van der Waals surface area contributed by atoms with Crippen LogP contribution in [0.3, 0.4) is 0 Å². The fourth-order valence-corrected chi connectivity index (χ4v) is 4.92. The normalized spacial score (nSPS) is 18.7. The summed E-state index contributed by atoms with van der Waals surface area (Å²) in [5.41, 5.74) is 1.50. The number of ether oxygens (including phenoxy) is 1. The zero-order valence-corrected chi connectivity index (χ0v) is 19.7. The quantitative estimate of drug-likeness (QED) is 0.563. The number of halogens is 1. The number of carbonyl (C=O) groups excluding carboxylic acids is 3. The van der Waals surface area contributed by atoms with Gasteiger partial charge in [0.1, 0.15) is 23.2 Å². The molecule has 2 aliphatic rings. The molecular weight excluding hydrogens is 465 g/mol. The number of likely N-dealkylation sites (tertiary alicyclic amines) is 1. The van der Waals surface area contributed by atoms with Crippen LogP contribution in [0, 0.1) is 17.1 Å². The molecule has 0 spiro atoms. The van der Waals surface area contributed by atoms with Crippen molar-refractivity contribution in [3.05, 3.63) is 59.0 Å². The highest BCUT2D eigenvalue weighted by Crippen LogP contribution is 2.35. The van der Waals surface area contributed by atoms with Crippen molar-refractivity contribution in [1.29, 1.82) is 5.26 Å². The number of aryl methyl sites for hydroxylation is 1. The Kier molecular flexibility index (Phi) is 6.14. The number of piperidine rings is 2. The average molecular weight is 490 g/mol. The Morgan fingerprint density at radius 3 is 2.67 bits per heavy atom. The fourth-order valence-electron chi connectivity index (χ4n) is 4.92. The number of nitrogens with one attached hydrogen (secondary N) is 1. The summed E-state index contributed by atoms with van der Waals surface area (Å²) in [6.45, 7) is 0.817. The third-order valence-electron chi connectivity index (χ3n) is 6.78. The molecule has 3 aromatic rings. The van der Waals surface area contributed by atoms with Gasteiger partial charge in [-0.1, -0.05) is 12.1 Å². The van der Waals surface area contributed by atoms with E-state index < -0.39 is 17.6 Å². The van der Waals surface area contributed by atoms with Crippen molar-refractivity contribution in [2.24, 2.45) is 7.05 Å². The van der Waals surface area contributed by atoms with E-state index in [0.29, 0.717) is 43.8 Å². The predicted molar refractivity (Wildman–Crippen MR) is 127 cm³/mol. The van der Waals surface area contributed by atoms with Crippen molar-refractivity contribution < 1.29 is 23.5 Å². The number of para-hydroxylation sites is 1. The molecule has 184 valence electrons. The van der Waals surface area contributed by atoms with Crippen LogP contribution in [-0.2, 0) is 16.6 Å². The zero-order chi connectivity index (χ0) is 25.4. The Labute approximate surface area is 206 Å². The number of carbonyl (C=O) groups is 3. The van der Waals surface area contributed by atoms with E-state index in [1.54, 1.807) is 16.6 Å². The molecule has 3 heterocycles. The van der Waals surface area contributed by atoms with Gasteiger partial charge in [0, 0.05) is 44.8 Å². The van der Waals surface area contributed by atoms with Crippen LogP contribution in [0.15, 0.2) is 36.4 Å². The third-order valence-corrected chi connectivity index (χ3v) is 6.78. The van der Waals surface area contributed by atoms with E-state index in [-0.39, 0.29) is 35.5 Å². The highest BCUT2D eigenvalue weighted by molar-refractivity contribution is 6.03. The Morgan fingerprint density at radius 2 is 1.97 bits per heavy atom. The van der Waals surface area contributed by atoms with Crippen LogP contribution in [0.2, 0.25) is 0 Å². The summed E-state index contributed by atoms with van der Waals surface area (Å²) in [6.07, 6.45) is 1.66. The fraction of sp³-hybridized carbons (Fsp3) is 0.346. The average Bonchev–Trinajstić information content (AvgIpc) is 3.21. The van der Waals surface area contributed by atoms with Gasteiger partial charge in [-0.15, -0.1) is 0 Å². The van der Waals surface area contributed by atoms with Crippen molar-refractivity contribution in [3.63, 3.8) is 0 Å². The maximum Gasteiger partial charge on any atom is 0.256 e. The number of nitriles is 1. The van der Waals surface area contributed by atoms with Gasteiger partial charge in [-0.3, -0.25) is 24.4 Å². The highest BCUT2D eigenvalue weighted by Gasteiger charge is 2.32. The summed E-state index contributed by atoms with van der Waals surface area (Å²) < 4.78 is 22.3. The largest absolute Gasteiger partial charge is 0.488 e. The van der Waals surface area contributed by atoms with E-state index in [0.717, 1.165) is 17.0 Å². The summed E-state index contributed by atoms with van der Waals surface area (Å²) in [5.74, 6) is -1.59. The van der Waals surface area contributed by atoms with E-state index in [9.17, 15) is 18.8 Å². The van der Waals surface area contributed by atoms with Crippen LogP contribution in [0.4, 0.5) is 4.39 Å². The third kappa shape index (κ3) is 4.28. The SMILES string of the molecule is Cn1nc(C2CCC(=O)NC2=O)c2cccc(OC3CCN(C(=O)c4ccc(C#N)cc4F)CC3)c21. The number of benzene rings is 2. The molecule has 0 aliphatic carbocycles. The molecule has 2 saturated heterocycles. The molecule has 0 saturated carbocycles. The van der Waals surface area contributed by atoms with Crippen molar-refractivity contribution >= 4 is 28.6 Å². The van der Waals surface area contributed by atoms with Crippen LogP contribution in [0.25, 0.3) is 10.9 Å². The van der Waals surface area contributed by atoms with Crippen molar-refractivity contribution in [2.45, 2.75) is 37.7 Å². The predicted octanol–water partition coefficient (Wildman–Crippen LogP) is 2.79. The Morgan fingerprint density at radius 1 is 1.19 bits per heavy atom. The lowest BCUT2D eigenvalue weighted by Crippen LogP contribution is -2.42. The molecular formula is C26H24FN5O4. The number of fused-ring (bicyclic) bond motifs is 1. The Hall–Kier alpha value is -4.26. The number of rotatable bonds is 4. The number of hydrogen-bond donors (Lipinski definition) is 1. The number of aromatic nitrogens is 2. The second kappa shape index (κ2) is 9.41. The molecule has 2 fully saturated rings. The minimum Gasteiger partial charge on any atom is -0.488 e. The smallest absolute Gasteiger partial charge is 0.256 e. The van der Waals surface area contributed by atoms with E-state index >= 15 is 0 Å². The maximum absolute atomic E-state index is 14.3. The highest BCUT2D eigenvalue weighted by atomic mass is 19.1. The summed E-state index contributed by atoms with van der Waals surface area (Å²) in [5, 5.41) is 16.7.